The molecule has 12 heteroatoms. The van der Waals surface area contributed by atoms with E-state index < -0.39 is 14.9 Å². The largest absolute Gasteiger partial charge is 0.507 e. The first-order valence-electron chi connectivity index (χ1n) is 7.40. The van der Waals surface area contributed by atoms with E-state index in [2.05, 4.69) is 19.9 Å². The van der Waals surface area contributed by atoms with Gasteiger partial charge < -0.3 is 5.11 Å². The number of phenols is 1. The van der Waals surface area contributed by atoms with Gasteiger partial charge in [-0.05, 0) is 43.0 Å². The Balaban J connectivity index is 1.90. The van der Waals surface area contributed by atoms with Crippen LogP contribution < -0.4 is 4.72 Å². The smallest absolute Gasteiger partial charge is 0.273 e. The summed E-state index contributed by atoms with van der Waals surface area (Å²) >= 11 is 1.06. The molecule has 2 aromatic carbocycles. The maximum atomic E-state index is 12.6. The first-order valence-corrected chi connectivity index (χ1v) is 9.70. The predicted molar refractivity (Wildman–Crippen MR) is 97.3 cm³/mol. The Morgan fingerprint density at radius 1 is 1.26 bits per heavy atom. The number of nitrogens with zero attached hydrogens (tertiary/aromatic N) is 3. The second-order valence-corrected chi connectivity index (χ2v) is 8.10. The summed E-state index contributed by atoms with van der Waals surface area (Å²) in [6.07, 6.45) is 1.30. The molecule has 0 bridgehead atoms. The minimum atomic E-state index is -4.06. The number of anilines is 1. The molecule has 3 N–H and O–H groups in total. The van der Waals surface area contributed by atoms with E-state index in [0.29, 0.717) is 15.6 Å². The summed E-state index contributed by atoms with van der Waals surface area (Å²) in [6, 6.07) is 7.78. The number of H-pyrrole nitrogens is 1. The average molecular weight is 407 g/mol. The van der Waals surface area contributed by atoms with Crippen LogP contribution in [0.5, 0.6) is 5.75 Å². The maximum absolute atomic E-state index is 12.6. The number of sulfonamides is 1. The molecule has 0 spiro atoms. The second kappa shape index (κ2) is 7.25. The number of aromatic amines is 1. The first-order chi connectivity index (χ1) is 12.8. The Labute approximate surface area is 157 Å². The van der Waals surface area contributed by atoms with Gasteiger partial charge in [0.15, 0.2) is 5.16 Å². The highest BCUT2D eigenvalue weighted by Crippen LogP contribution is 2.35. The highest BCUT2D eigenvalue weighted by atomic mass is 32.2. The second-order valence-electron chi connectivity index (χ2n) is 5.39. The molecule has 0 saturated carbocycles. The summed E-state index contributed by atoms with van der Waals surface area (Å²) in [5.74, 6) is -0.0645. The van der Waals surface area contributed by atoms with E-state index in [-0.39, 0.29) is 22.0 Å². The third-order valence-corrected chi connectivity index (χ3v) is 5.82. The molecule has 1 heterocycles. The normalized spacial score (nSPS) is 11.3. The van der Waals surface area contributed by atoms with Crippen LogP contribution in [-0.4, -0.2) is 33.6 Å². The summed E-state index contributed by atoms with van der Waals surface area (Å²) in [5, 5.41) is 27.7. The van der Waals surface area contributed by atoms with Crippen molar-refractivity contribution in [2.45, 2.75) is 21.9 Å². The highest BCUT2D eigenvalue weighted by molar-refractivity contribution is 7.99. The molecular weight excluding hydrogens is 394 g/mol. The number of nitrogens with one attached hydrogen (secondary N) is 2. The van der Waals surface area contributed by atoms with Gasteiger partial charge in [0.05, 0.1) is 20.4 Å². The van der Waals surface area contributed by atoms with Crippen LogP contribution >= 0.6 is 11.8 Å². The highest BCUT2D eigenvalue weighted by Gasteiger charge is 2.20. The summed E-state index contributed by atoms with van der Waals surface area (Å²) in [5.41, 5.74) is 0.248. The minimum Gasteiger partial charge on any atom is -0.507 e. The van der Waals surface area contributed by atoms with Crippen LogP contribution in [0.15, 0.2) is 57.7 Å². The van der Waals surface area contributed by atoms with Gasteiger partial charge in [0.25, 0.3) is 15.7 Å². The Morgan fingerprint density at radius 3 is 2.70 bits per heavy atom. The quantitative estimate of drug-likeness (QED) is 0.320. The van der Waals surface area contributed by atoms with Crippen LogP contribution in [0, 0.1) is 17.0 Å². The molecule has 0 amide bonds. The van der Waals surface area contributed by atoms with Crippen LogP contribution in [0.25, 0.3) is 0 Å². The first kappa shape index (κ1) is 18.7. The molecule has 27 heavy (non-hydrogen) atoms. The van der Waals surface area contributed by atoms with Crippen molar-refractivity contribution in [3.63, 3.8) is 0 Å². The van der Waals surface area contributed by atoms with Crippen LogP contribution in [0.4, 0.5) is 11.4 Å². The van der Waals surface area contributed by atoms with Crippen molar-refractivity contribution in [1.82, 2.24) is 15.2 Å². The van der Waals surface area contributed by atoms with Crippen molar-refractivity contribution in [3.8, 4) is 5.75 Å². The van der Waals surface area contributed by atoms with Gasteiger partial charge in [-0.25, -0.2) is 13.4 Å². The van der Waals surface area contributed by atoms with E-state index >= 15 is 0 Å². The summed E-state index contributed by atoms with van der Waals surface area (Å²) in [6.45, 7) is 1.52. The van der Waals surface area contributed by atoms with Crippen molar-refractivity contribution in [2.75, 3.05) is 4.72 Å². The number of phenolic OH excluding ortho intramolecular Hbond substituents is 1. The molecule has 0 aliphatic heterocycles. The molecule has 0 unspecified atom stereocenters. The number of nitro benzene ring substituents is 1. The molecule has 0 saturated heterocycles. The van der Waals surface area contributed by atoms with E-state index in [4.69, 9.17) is 0 Å². The predicted octanol–water partition coefficient (Wildman–Crippen LogP) is 2.68. The van der Waals surface area contributed by atoms with Crippen molar-refractivity contribution < 1.29 is 18.4 Å². The molecule has 0 atom stereocenters. The van der Waals surface area contributed by atoms with Crippen LogP contribution in [0.2, 0.25) is 0 Å². The molecule has 3 aromatic rings. The molecular formula is C15H13N5O5S2. The molecule has 3 rings (SSSR count). The molecule has 10 nitrogen and oxygen atoms in total. The van der Waals surface area contributed by atoms with E-state index in [1.165, 1.54) is 43.6 Å². The number of aromatic nitrogens is 3. The van der Waals surface area contributed by atoms with Crippen LogP contribution in [0.1, 0.15) is 5.56 Å². The lowest BCUT2D eigenvalue weighted by Crippen LogP contribution is -2.13. The molecule has 0 radical (unpaired) electrons. The monoisotopic (exact) mass is 407 g/mol. The topological polar surface area (TPSA) is 151 Å². The lowest BCUT2D eigenvalue weighted by atomic mass is 10.2. The lowest BCUT2D eigenvalue weighted by Gasteiger charge is -2.10. The zero-order valence-corrected chi connectivity index (χ0v) is 15.4. The standard InChI is InChI=1S/C15H13N5O5S2/c1-9-2-4-11(7-12(9)20(22)23)27(24,25)19-10-3-5-13(21)14(6-10)26-15-16-8-17-18-15/h2-8,19,21H,1H3,(H,16,17,18). The van der Waals surface area contributed by atoms with Crippen molar-refractivity contribution in [3.05, 3.63) is 58.4 Å². The zero-order chi connectivity index (χ0) is 19.6. The van der Waals surface area contributed by atoms with Gasteiger partial charge >= 0.3 is 0 Å². The number of aromatic hydroxyl groups is 1. The van der Waals surface area contributed by atoms with Gasteiger partial charge in [-0.1, -0.05) is 6.07 Å². The van der Waals surface area contributed by atoms with Crippen molar-refractivity contribution in [2.24, 2.45) is 0 Å². The zero-order valence-electron chi connectivity index (χ0n) is 13.8. The van der Waals surface area contributed by atoms with E-state index in [0.717, 1.165) is 17.8 Å². The van der Waals surface area contributed by atoms with Crippen LogP contribution in [-0.2, 0) is 10.0 Å². The number of nitro groups is 1. The molecule has 140 valence electrons. The fourth-order valence-corrected chi connectivity index (χ4v) is 4.01. The SMILES string of the molecule is Cc1ccc(S(=O)(=O)Nc2ccc(O)c(Sc3ncn[nH]3)c2)cc1[N+](=O)[O-]. The third-order valence-electron chi connectivity index (χ3n) is 3.50. The van der Waals surface area contributed by atoms with Gasteiger partial charge in [-0.15, -0.1) is 0 Å². The van der Waals surface area contributed by atoms with Gasteiger partial charge in [0.2, 0.25) is 0 Å². The van der Waals surface area contributed by atoms with Crippen molar-refractivity contribution >= 4 is 33.2 Å². The van der Waals surface area contributed by atoms with E-state index in [1.807, 2.05) is 0 Å². The van der Waals surface area contributed by atoms with E-state index in [9.17, 15) is 23.6 Å². The summed E-state index contributed by atoms with van der Waals surface area (Å²) < 4.78 is 27.5. The average Bonchev–Trinajstić information content (AvgIpc) is 3.10. The fraction of sp³-hybridized carbons (Fsp3) is 0.0667. The Morgan fingerprint density at radius 2 is 2.04 bits per heavy atom. The lowest BCUT2D eigenvalue weighted by molar-refractivity contribution is -0.385. The number of hydrogen-bond acceptors (Lipinski definition) is 8. The Hall–Kier alpha value is -3.12. The summed E-state index contributed by atoms with van der Waals surface area (Å²) in [4.78, 5) is 14.4. The third kappa shape index (κ3) is 4.17. The molecule has 1 aromatic heterocycles. The summed E-state index contributed by atoms with van der Waals surface area (Å²) in [7, 11) is -4.06. The van der Waals surface area contributed by atoms with Gasteiger partial charge in [-0.2, -0.15) is 5.10 Å². The number of hydrogen-bond donors (Lipinski definition) is 3. The molecule has 0 aliphatic carbocycles. The molecule has 0 aliphatic rings. The van der Waals surface area contributed by atoms with Crippen LogP contribution in [0.3, 0.4) is 0 Å². The Bertz CT molecular complexity index is 1100. The maximum Gasteiger partial charge on any atom is 0.273 e. The van der Waals surface area contributed by atoms with Gasteiger partial charge in [-0.3, -0.25) is 19.9 Å². The van der Waals surface area contributed by atoms with Gasteiger partial charge in [0.1, 0.15) is 12.1 Å². The number of rotatable bonds is 6. The van der Waals surface area contributed by atoms with Crippen molar-refractivity contribution in [1.29, 1.82) is 0 Å². The number of aryl methyl sites for hydroxylation is 1. The van der Waals surface area contributed by atoms with Gasteiger partial charge in [0, 0.05) is 11.6 Å². The van der Waals surface area contributed by atoms with E-state index in [1.54, 1.807) is 0 Å². The number of benzene rings is 2. The molecule has 0 fully saturated rings. The minimum absolute atomic E-state index is 0.0645. The fourth-order valence-electron chi connectivity index (χ4n) is 2.17. The Kier molecular flexibility index (Phi) is 5.01.